The maximum Gasteiger partial charge on any atom is 0.279 e. The lowest BCUT2D eigenvalue weighted by Gasteiger charge is -2.33. The normalized spacial score (nSPS) is 29.7. The van der Waals surface area contributed by atoms with Crippen molar-refractivity contribution in [1.29, 1.82) is 0 Å². The summed E-state index contributed by atoms with van der Waals surface area (Å²) in [6.45, 7) is 7.00. The maximum absolute atomic E-state index is 12.2. The molecule has 0 aromatic carbocycles. The highest BCUT2D eigenvalue weighted by Gasteiger charge is 2.38. The summed E-state index contributed by atoms with van der Waals surface area (Å²) in [4.78, 5) is 2.44. The Balaban J connectivity index is 2.01. The van der Waals surface area contributed by atoms with E-state index in [0.29, 0.717) is 19.1 Å². The van der Waals surface area contributed by atoms with Crippen LogP contribution in [0.2, 0.25) is 0 Å². The predicted molar refractivity (Wildman–Crippen MR) is 72.6 cm³/mol. The monoisotopic (exact) mass is 275 g/mol. The Hall–Kier alpha value is -0.170. The molecule has 2 atom stereocenters. The summed E-state index contributed by atoms with van der Waals surface area (Å²) in [6, 6.07) is 0.528. The van der Waals surface area contributed by atoms with E-state index in [4.69, 9.17) is 0 Å². The number of rotatable bonds is 5. The fraction of sp³-hybridized carbons (Fsp3) is 1.00. The van der Waals surface area contributed by atoms with Gasteiger partial charge in [0, 0.05) is 31.7 Å². The molecule has 1 N–H and O–H groups in total. The van der Waals surface area contributed by atoms with Gasteiger partial charge in [-0.1, -0.05) is 20.3 Å². The number of hydrogen-bond donors (Lipinski definition) is 1. The van der Waals surface area contributed by atoms with E-state index in [0.717, 1.165) is 25.9 Å². The molecule has 2 saturated heterocycles. The molecule has 2 rings (SSSR count). The van der Waals surface area contributed by atoms with E-state index in [1.54, 1.807) is 0 Å². The van der Waals surface area contributed by atoms with E-state index in [1.165, 1.54) is 17.1 Å². The lowest BCUT2D eigenvalue weighted by atomic mass is 10.00. The van der Waals surface area contributed by atoms with Crippen molar-refractivity contribution in [3.8, 4) is 0 Å². The molecule has 0 radical (unpaired) electrons. The first-order chi connectivity index (χ1) is 8.58. The van der Waals surface area contributed by atoms with Gasteiger partial charge in [-0.05, 0) is 25.8 Å². The number of hydrogen-bond acceptors (Lipinski definition) is 3. The number of piperidine rings is 1. The number of nitrogens with zero attached hydrogens (tertiary/aromatic N) is 2. The molecule has 2 fully saturated rings. The van der Waals surface area contributed by atoms with Crippen LogP contribution in [0, 0.1) is 0 Å². The molecule has 0 unspecified atom stereocenters. The number of fused-ring (bicyclic) bond motifs is 1. The molecular formula is C12H25N3O2S. The van der Waals surface area contributed by atoms with Crippen LogP contribution < -0.4 is 4.72 Å². The predicted octanol–water partition coefficient (Wildman–Crippen LogP) is 0.789. The third kappa shape index (κ3) is 2.87. The van der Waals surface area contributed by atoms with Crippen LogP contribution in [0.1, 0.15) is 39.5 Å². The second-order valence-corrected chi connectivity index (χ2v) is 6.90. The molecule has 0 amide bonds. The molecule has 106 valence electrons. The van der Waals surface area contributed by atoms with Crippen molar-refractivity contribution in [1.82, 2.24) is 13.9 Å². The fourth-order valence-corrected chi connectivity index (χ4v) is 4.70. The van der Waals surface area contributed by atoms with E-state index in [1.807, 2.05) is 13.8 Å². The fourth-order valence-electron chi connectivity index (χ4n) is 3.21. The van der Waals surface area contributed by atoms with E-state index in [2.05, 4.69) is 9.62 Å². The Morgan fingerprint density at radius 3 is 2.56 bits per heavy atom. The van der Waals surface area contributed by atoms with Crippen molar-refractivity contribution >= 4 is 10.2 Å². The molecule has 6 heteroatoms. The zero-order valence-electron chi connectivity index (χ0n) is 11.4. The maximum atomic E-state index is 12.2. The van der Waals surface area contributed by atoms with Gasteiger partial charge in [-0.3, -0.25) is 4.90 Å². The minimum atomic E-state index is -3.30. The first kappa shape index (κ1) is 14.2. The molecule has 18 heavy (non-hydrogen) atoms. The molecule has 0 spiro atoms. The molecule has 2 aliphatic heterocycles. The SMILES string of the molecule is CCN(CC)S(=O)(=O)N[C@H]1CCN2CCCC[C@@H]12. The van der Waals surface area contributed by atoms with Gasteiger partial charge in [0.25, 0.3) is 10.2 Å². The lowest BCUT2D eigenvalue weighted by molar-refractivity contribution is 0.185. The molecule has 5 nitrogen and oxygen atoms in total. The molecule has 0 aliphatic carbocycles. The van der Waals surface area contributed by atoms with Crippen LogP contribution in [0.3, 0.4) is 0 Å². The third-order valence-corrected chi connectivity index (χ3v) is 6.00. The van der Waals surface area contributed by atoms with Crippen molar-refractivity contribution in [2.24, 2.45) is 0 Å². The second kappa shape index (κ2) is 5.86. The van der Waals surface area contributed by atoms with Gasteiger partial charge < -0.3 is 0 Å². The van der Waals surface area contributed by atoms with Crippen LogP contribution in [0.25, 0.3) is 0 Å². The van der Waals surface area contributed by atoms with Crippen LogP contribution in [-0.2, 0) is 10.2 Å². The average molecular weight is 275 g/mol. The van der Waals surface area contributed by atoms with E-state index >= 15 is 0 Å². The van der Waals surface area contributed by atoms with Crippen molar-refractivity contribution in [2.75, 3.05) is 26.2 Å². The smallest absolute Gasteiger partial charge is 0.279 e. The largest absolute Gasteiger partial charge is 0.299 e. The van der Waals surface area contributed by atoms with Crippen LogP contribution >= 0.6 is 0 Å². The molecule has 0 bridgehead atoms. The zero-order chi connectivity index (χ0) is 13.2. The van der Waals surface area contributed by atoms with E-state index in [9.17, 15) is 8.42 Å². The lowest BCUT2D eigenvalue weighted by Crippen LogP contribution is -2.51. The van der Waals surface area contributed by atoms with Gasteiger partial charge in [0.1, 0.15) is 0 Å². The van der Waals surface area contributed by atoms with Crippen LogP contribution in [0.15, 0.2) is 0 Å². The van der Waals surface area contributed by atoms with Crippen molar-refractivity contribution in [3.63, 3.8) is 0 Å². The Kier molecular flexibility index (Phi) is 4.64. The average Bonchev–Trinajstić information content (AvgIpc) is 2.73. The highest BCUT2D eigenvalue weighted by molar-refractivity contribution is 7.87. The minimum absolute atomic E-state index is 0.107. The Bertz CT molecular complexity index is 368. The Morgan fingerprint density at radius 2 is 1.89 bits per heavy atom. The van der Waals surface area contributed by atoms with Gasteiger partial charge in [-0.15, -0.1) is 0 Å². The molecule has 0 aromatic heterocycles. The minimum Gasteiger partial charge on any atom is -0.299 e. The molecule has 2 aliphatic rings. The topological polar surface area (TPSA) is 52.7 Å². The summed E-state index contributed by atoms with van der Waals surface area (Å²) in [5.74, 6) is 0. The Morgan fingerprint density at radius 1 is 1.17 bits per heavy atom. The highest BCUT2D eigenvalue weighted by Crippen LogP contribution is 2.27. The summed E-state index contributed by atoms with van der Waals surface area (Å²) >= 11 is 0. The molecule has 0 saturated carbocycles. The highest BCUT2D eigenvalue weighted by atomic mass is 32.2. The van der Waals surface area contributed by atoms with Gasteiger partial charge >= 0.3 is 0 Å². The summed E-state index contributed by atoms with van der Waals surface area (Å²) in [5, 5.41) is 0. The standard InChI is InChI=1S/C12H25N3O2S/c1-3-15(4-2)18(16,17)13-11-8-10-14-9-6-5-7-12(11)14/h11-13H,3-10H2,1-2H3/t11-,12-/m0/s1. The first-order valence-corrected chi connectivity index (χ1v) is 8.54. The van der Waals surface area contributed by atoms with Crippen LogP contribution in [0.5, 0.6) is 0 Å². The second-order valence-electron chi connectivity index (χ2n) is 5.20. The Labute approximate surface area is 111 Å². The zero-order valence-corrected chi connectivity index (χ0v) is 12.2. The van der Waals surface area contributed by atoms with Crippen molar-refractivity contribution in [3.05, 3.63) is 0 Å². The van der Waals surface area contributed by atoms with Crippen LogP contribution in [-0.4, -0.2) is 55.9 Å². The van der Waals surface area contributed by atoms with Gasteiger partial charge in [0.2, 0.25) is 0 Å². The molecule has 0 aromatic rings. The molecule has 2 heterocycles. The number of nitrogens with one attached hydrogen (secondary N) is 1. The van der Waals surface area contributed by atoms with E-state index in [-0.39, 0.29) is 6.04 Å². The van der Waals surface area contributed by atoms with Crippen molar-refractivity contribution < 1.29 is 8.42 Å². The van der Waals surface area contributed by atoms with E-state index < -0.39 is 10.2 Å². The third-order valence-electron chi connectivity index (χ3n) is 4.20. The molecular weight excluding hydrogens is 250 g/mol. The van der Waals surface area contributed by atoms with Crippen LogP contribution in [0.4, 0.5) is 0 Å². The van der Waals surface area contributed by atoms with Gasteiger partial charge in [0.15, 0.2) is 0 Å². The van der Waals surface area contributed by atoms with Gasteiger partial charge in [-0.25, -0.2) is 0 Å². The summed E-state index contributed by atoms with van der Waals surface area (Å²) < 4.78 is 28.9. The summed E-state index contributed by atoms with van der Waals surface area (Å²) in [6.07, 6.45) is 4.56. The summed E-state index contributed by atoms with van der Waals surface area (Å²) in [5.41, 5.74) is 0. The quantitative estimate of drug-likeness (QED) is 0.807. The summed E-state index contributed by atoms with van der Waals surface area (Å²) in [7, 11) is -3.30. The van der Waals surface area contributed by atoms with Crippen molar-refractivity contribution in [2.45, 2.75) is 51.6 Å². The van der Waals surface area contributed by atoms with Gasteiger partial charge in [-0.2, -0.15) is 17.4 Å². The first-order valence-electron chi connectivity index (χ1n) is 7.10. The van der Waals surface area contributed by atoms with Gasteiger partial charge in [0.05, 0.1) is 0 Å².